The fourth-order valence-electron chi connectivity index (χ4n) is 4.05. The third-order valence-electron chi connectivity index (χ3n) is 5.90. The van der Waals surface area contributed by atoms with Crippen molar-refractivity contribution in [2.24, 2.45) is 0 Å². The van der Waals surface area contributed by atoms with Crippen LogP contribution < -0.4 is 0 Å². The van der Waals surface area contributed by atoms with Gasteiger partial charge in [-0.1, -0.05) is 78.4 Å². The summed E-state index contributed by atoms with van der Waals surface area (Å²) in [4.78, 5) is 18.0. The Labute approximate surface area is 202 Å². The standard InChI is InChI=1S/C29H32N4O/c1-22-15-16-27(23(2)19-22)33-28(20-26(30-33)25-13-9-6-10-14-25)29(34)32(18-17-31(3)4)21-24-11-7-5-8-12-24/h5-16,19-20H,17-18,21H2,1-4H3. The normalized spacial score (nSPS) is 11.1. The summed E-state index contributed by atoms with van der Waals surface area (Å²) in [7, 11) is 4.05. The van der Waals surface area contributed by atoms with E-state index in [1.165, 1.54) is 5.56 Å². The van der Waals surface area contributed by atoms with E-state index in [0.717, 1.165) is 34.6 Å². The number of amides is 1. The zero-order chi connectivity index (χ0) is 24.1. The van der Waals surface area contributed by atoms with Gasteiger partial charge in [-0.15, -0.1) is 0 Å². The largest absolute Gasteiger partial charge is 0.332 e. The second kappa shape index (κ2) is 10.5. The molecule has 1 aromatic heterocycles. The minimum absolute atomic E-state index is 0.0274. The predicted molar refractivity (Wildman–Crippen MR) is 138 cm³/mol. The first-order chi connectivity index (χ1) is 16.4. The van der Waals surface area contributed by atoms with Crippen molar-refractivity contribution in [3.63, 3.8) is 0 Å². The third kappa shape index (κ3) is 5.43. The number of rotatable bonds is 8. The van der Waals surface area contributed by atoms with Crippen LogP contribution in [-0.4, -0.2) is 52.7 Å². The molecule has 0 aliphatic carbocycles. The van der Waals surface area contributed by atoms with Gasteiger partial charge in [-0.2, -0.15) is 5.10 Å². The molecule has 0 saturated carbocycles. The van der Waals surface area contributed by atoms with Crippen LogP contribution in [0.25, 0.3) is 16.9 Å². The minimum atomic E-state index is -0.0274. The Hall–Kier alpha value is -3.70. The summed E-state index contributed by atoms with van der Waals surface area (Å²) in [6.45, 7) is 6.09. The lowest BCUT2D eigenvalue weighted by molar-refractivity contribution is 0.0722. The first-order valence-corrected chi connectivity index (χ1v) is 11.6. The number of aromatic nitrogens is 2. The van der Waals surface area contributed by atoms with Crippen molar-refractivity contribution in [1.29, 1.82) is 0 Å². The van der Waals surface area contributed by atoms with Crippen molar-refractivity contribution in [2.75, 3.05) is 27.2 Å². The monoisotopic (exact) mass is 452 g/mol. The van der Waals surface area contributed by atoms with Gasteiger partial charge in [0.05, 0.1) is 11.4 Å². The summed E-state index contributed by atoms with van der Waals surface area (Å²) in [5.74, 6) is -0.0274. The Morgan fingerprint density at radius 1 is 0.853 bits per heavy atom. The van der Waals surface area contributed by atoms with Gasteiger partial charge in [0.2, 0.25) is 0 Å². The van der Waals surface area contributed by atoms with Crippen molar-refractivity contribution in [3.05, 3.63) is 107 Å². The molecule has 0 aliphatic rings. The quantitative estimate of drug-likeness (QED) is 0.361. The van der Waals surface area contributed by atoms with Gasteiger partial charge in [-0.05, 0) is 51.2 Å². The van der Waals surface area contributed by atoms with Crippen LogP contribution in [0.1, 0.15) is 27.2 Å². The molecule has 4 rings (SSSR count). The van der Waals surface area contributed by atoms with Gasteiger partial charge >= 0.3 is 0 Å². The van der Waals surface area contributed by atoms with Gasteiger partial charge in [-0.25, -0.2) is 4.68 Å². The SMILES string of the molecule is Cc1ccc(-n2nc(-c3ccccc3)cc2C(=O)N(CCN(C)C)Cc2ccccc2)c(C)c1. The maximum absolute atomic E-state index is 14.0. The number of benzene rings is 3. The van der Waals surface area contributed by atoms with Crippen LogP contribution in [0.5, 0.6) is 0 Å². The molecule has 0 saturated heterocycles. The molecule has 34 heavy (non-hydrogen) atoms. The topological polar surface area (TPSA) is 41.4 Å². The van der Waals surface area contributed by atoms with Crippen LogP contribution in [0.4, 0.5) is 0 Å². The Balaban J connectivity index is 1.79. The van der Waals surface area contributed by atoms with Gasteiger partial charge in [0.15, 0.2) is 0 Å². The predicted octanol–water partition coefficient (Wildman–Crippen LogP) is 5.36. The molecule has 0 aliphatic heterocycles. The number of likely N-dealkylation sites (N-methyl/N-ethyl adjacent to an activating group) is 1. The van der Waals surface area contributed by atoms with Crippen LogP contribution in [0.3, 0.4) is 0 Å². The second-order valence-corrected chi connectivity index (χ2v) is 9.00. The van der Waals surface area contributed by atoms with E-state index in [-0.39, 0.29) is 5.91 Å². The molecule has 0 radical (unpaired) electrons. The minimum Gasteiger partial charge on any atom is -0.332 e. The fraction of sp³-hybridized carbons (Fsp3) is 0.241. The Morgan fingerprint density at radius 3 is 2.18 bits per heavy atom. The van der Waals surface area contributed by atoms with E-state index in [0.29, 0.717) is 18.8 Å². The highest BCUT2D eigenvalue weighted by molar-refractivity contribution is 5.94. The first-order valence-electron chi connectivity index (χ1n) is 11.6. The van der Waals surface area contributed by atoms with Gasteiger partial charge < -0.3 is 9.80 Å². The summed E-state index contributed by atoms with van der Waals surface area (Å²) in [5, 5.41) is 4.91. The maximum atomic E-state index is 14.0. The molecule has 0 spiro atoms. The molecule has 0 atom stereocenters. The third-order valence-corrected chi connectivity index (χ3v) is 5.90. The number of hydrogen-bond donors (Lipinski definition) is 0. The average Bonchev–Trinajstić information content (AvgIpc) is 3.27. The number of hydrogen-bond acceptors (Lipinski definition) is 3. The molecule has 3 aromatic carbocycles. The van der Waals surface area contributed by atoms with E-state index < -0.39 is 0 Å². The first kappa shape index (κ1) is 23.5. The summed E-state index contributed by atoms with van der Waals surface area (Å²) in [6, 6.07) is 28.3. The highest BCUT2D eigenvalue weighted by Crippen LogP contribution is 2.25. The molecule has 4 aromatic rings. The molecule has 0 N–H and O–H groups in total. The van der Waals surface area contributed by atoms with Crippen LogP contribution in [-0.2, 0) is 6.54 Å². The molecular weight excluding hydrogens is 420 g/mol. The zero-order valence-electron chi connectivity index (χ0n) is 20.4. The van der Waals surface area contributed by atoms with Crippen molar-refractivity contribution in [2.45, 2.75) is 20.4 Å². The smallest absolute Gasteiger partial charge is 0.272 e. The molecule has 1 heterocycles. The molecule has 0 bridgehead atoms. The van der Waals surface area contributed by atoms with E-state index >= 15 is 0 Å². The summed E-state index contributed by atoms with van der Waals surface area (Å²) >= 11 is 0. The number of carbonyl (C=O) groups is 1. The highest BCUT2D eigenvalue weighted by Gasteiger charge is 2.24. The van der Waals surface area contributed by atoms with Gasteiger partial charge in [-0.3, -0.25) is 4.79 Å². The lowest BCUT2D eigenvalue weighted by Crippen LogP contribution is -2.37. The molecule has 1 amide bonds. The summed E-state index contributed by atoms with van der Waals surface area (Å²) in [5.41, 5.74) is 6.64. The Kier molecular flexibility index (Phi) is 7.24. The number of aryl methyl sites for hydroxylation is 2. The molecule has 0 fully saturated rings. The lowest BCUT2D eigenvalue weighted by atomic mass is 10.1. The number of carbonyl (C=O) groups excluding carboxylic acids is 1. The van der Waals surface area contributed by atoms with Crippen molar-refractivity contribution < 1.29 is 4.79 Å². The van der Waals surface area contributed by atoms with E-state index in [1.54, 1.807) is 0 Å². The maximum Gasteiger partial charge on any atom is 0.272 e. The summed E-state index contributed by atoms with van der Waals surface area (Å²) in [6.07, 6.45) is 0. The highest BCUT2D eigenvalue weighted by atomic mass is 16.2. The van der Waals surface area contributed by atoms with E-state index in [1.807, 2.05) is 84.3 Å². The molecule has 0 unspecified atom stereocenters. The van der Waals surface area contributed by atoms with Crippen molar-refractivity contribution in [1.82, 2.24) is 19.6 Å². The van der Waals surface area contributed by atoms with E-state index in [2.05, 4.69) is 43.0 Å². The Bertz CT molecular complexity index is 1250. The zero-order valence-corrected chi connectivity index (χ0v) is 20.4. The van der Waals surface area contributed by atoms with Crippen LogP contribution in [0.15, 0.2) is 84.9 Å². The second-order valence-electron chi connectivity index (χ2n) is 9.00. The van der Waals surface area contributed by atoms with E-state index in [9.17, 15) is 4.79 Å². The Morgan fingerprint density at radius 2 is 1.53 bits per heavy atom. The van der Waals surface area contributed by atoms with Crippen molar-refractivity contribution in [3.8, 4) is 16.9 Å². The van der Waals surface area contributed by atoms with Gasteiger partial charge in [0.25, 0.3) is 5.91 Å². The van der Waals surface area contributed by atoms with E-state index in [4.69, 9.17) is 5.10 Å². The van der Waals surface area contributed by atoms with Crippen LogP contribution in [0.2, 0.25) is 0 Å². The fourth-order valence-corrected chi connectivity index (χ4v) is 4.05. The van der Waals surface area contributed by atoms with Gasteiger partial charge in [0, 0.05) is 25.2 Å². The summed E-state index contributed by atoms with van der Waals surface area (Å²) < 4.78 is 1.81. The lowest BCUT2D eigenvalue weighted by Gasteiger charge is -2.25. The van der Waals surface area contributed by atoms with Gasteiger partial charge in [0.1, 0.15) is 5.69 Å². The average molecular weight is 453 g/mol. The molecule has 5 heteroatoms. The molecule has 174 valence electrons. The van der Waals surface area contributed by atoms with Crippen LogP contribution >= 0.6 is 0 Å². The molecule has 5 nitrogen and oxygen atoms in total. The number of nitrogens with zero attached hydrogens (tertiary/aromatic N) is 4. The van der Waals surface area contributed by atoms with Crippen LogP contribution in [0, 0.1) is 13.8 Å². The van der Waals surface area contributed by atoms with Crippen molar-refractivity contribution >= 4 is 5.91 Å². The molecular formula is C29H32N4O.